The van der Waals surface area contributed by atoms with E-state index in [9.17, 15) is 9.59 Å². The third-order valence-electron chi connectivity index (χ3n) is 3.65. The summed E-state index contributed by atoms with van der Waals surface area (Å²) in [6, 6.07) is -0.0203. The van der Waals surface area contributed by atoms with Crippen LogP contribution in [0, 0.1) is 5.41 Å². The topological polar surface area (TPSA) is 49.4 Å². The molecular formula is C12H20N2O2. The second-order valence-electron chi connectivity index (χ2n) is 5.58. The third-order valence-corrected chi connectivity index (χ3v) is 3.65. The summed E-state index contributed by atoms with van der Waals surface area (Å²) in [4.78, 5) is 25.5. The predicted octanol–water partition coefficient (Wildman–Crippen LogP) is 0.912. The average Bonchev–Trinajstić information content (AvgIpc) is 2.81. The Balaban J connectivity index is 2.07. The van der Waals surface area contributed by atoms with Crippen LogP contribution in [0.25, 0.3) is 0 Å². The highest BCUT2D eigenvalue weighted by molar-refractivity contribution is 5.95. The molecule has 0 aromatic carbocycles. The Kier molecular flexibility index (Phi) is 2.68. The van der Waals surface area contributed by atoms with Crippen LogP contribution in [0.5, 0.6) is 0 Å². The summed E-state index contributed by atoms with van der Waals surface area (Å²) in [5.41, 5.74) is 0.198. The van der Waals surface area contributed by atoms with Crippen molar-refractivity contribution in [3.05, 3.63) is 0 Å². The van der Waals surface area contributed by atoms with Crippen molar-refractivity contribution in [3.63, 3.8) is 0 Å². The molecule has 2 fully saturated rings. The first-order chi connectivity index (χ1) is 7.45. The Bertz CT molecular complexity index is 325. The van der Waals surface area contributed by atoms with Crippen molar-refractivity contribution in [2.45, 2.75) is 52.1 Å². The highest BCUT2D eigenvalue weighted by Crippen LogP contribution is 2.48. The molecule has 16 heavy (non-hydrogen) atoms. The number of hydrogen-bond donors (Lipinski definition) is 1. The van der Waals surface area contributed by atoms with Gasteiger partial charge in [0.25, 0.3) is 0 Å². The third kappa shape index (κ3) is 1.93. The van der Waals surface area contributed by atoms with Crippen LogP contribution in [0.3, 0.4) is 0 Å². The zero-order valence-corrected chi connectivity index (χ0v) is 10.2. The van der Waals surface area contributed by atoms with Gasteiger partial charge in [-0.3, -0.25) is 9.59 Å². The number of nitrogens with zero attached hydrogens (tertiary/aromatic N) is 1. The Morgan fingerprint density at radius 2 is 2.06 bits per heavy atom. The van der Waals surface area contributed by atoms with Gasteiger partial charge in [0.1, 0.15) is 6.04 Å². The van der Waals surface area contributed by atoms with Gasteiger partial charge >= 0.3 is 0 Å². The molecule has 0 bridgehead atoms. The molecular weight excluding hydrogens is 204 g/mol. The Morgan fingerprint density at radius 1 is 1.44 bits per heavy atom. The number of carbonyl (C=O) groups is 2. The quantitative estimate of drug-likeness (QED) is 0.774. The van der Waals surface area contributed by atoms with Crippen molar-refractivity contribution in [2.24, 2.45) is 5.41 Å². The summed E-state index contributed by atoms with van der Waals surface area (Å²) < 4.78 is 0. The summed E-state index contributed by atoms with van der Waals surface area (Å²) in [6.07, 6.45) is 2.68. The van der Waals surface area contributed by atoms with Gasteiger partial charge in [-0.2, -0.15) is 0 Å². The van der Waals surface area contributed by atoms with Crippen molar-refractivity contribution < 1.29 is 9.59 Å². The fourth-order valence-corrected chi connectivity index (χ4v) is 2.45. The number of hydrogen-bond acceptors (Lipinski definition) is 2. The number of amides is 2. The van der Waals surface area contributed by atoms with E-state index in [1.54, 1.807) is 4.90 Å². The van der Waals surface area contributed by atoms with Crippen molar-refractivity contribution in [1.29, 1.82) is 0 Å². The van der Waals surface area contributed by atoms with E-state index in [4.69, 9.17) is 0 Å². The number of rotatable bonds is 3. The van der Waals surface area contributed by atoms with E-state index in [1.165, 1.54) is 0 Å². The van der Waals surface area contributed by atoms with E-state index in [-0.39, 0.29) is 35.9 Å². The van der Waals surface area contributed by atoms with Crippen molar-refractivity contribution in [1.82, 2.24) is 10.2 Å². The van der Waals surface area contributed by atoms with Crippen molar-refractivity contribution >= 4 is 11.8 Å². The molecule has 0 aromatic heterocycles. The maximum Gasteiger partial charge on any atom is 0.245 e. The highest BCUT2D eigenvalue weighted by Gasteiger charge is 2.53. The molecule has 1 aliphatic carbocycles. The summed E-state index contributed by atoms with van der Waals surface area (Å²) in [5, 5.41) is 2.78. The van der Waals surface area contributed by atoms with Gasteiger partial charge in [0.2, 0.25) is 11.8 Å². The molecule has 1 saturated carbocycles. The van der Waals surface area contributed by atoms with Crippen LogP contribution >= 0.6 is 0 Å². The van der Waals surface area contributed by atoms with Gasteiger partial charge in [0, 0.05) is 6.04 Å². The second-order valence-corrected chi connectivity index (χ2v) is 5.58. The van der Waals surface area contributed by atoms with Gasteiger partial charge in [-0.25, -0.2) is 0 Å². The number of piperazine rings is 1. The molecule has 0 aromatic rings. The lowest BCUT2D eigenvalue weighted by Crippen LogP contribution is -2.59. The van der Waals surface area contributed by atoms with E-state index < -0.39 is 0 Å². The fraction of sp³-hybridized carbons (Fsp3) is 0.833. The van der Waals surface area contributed by atoms with E-state index in [2.05, 4.69) is 19.2 Å². The SMILES string of the molecule is CCCC1NC(=O)CN(C2CC2(C)C)C1=O. The monoisotopic (exact) mass is 224 g/mol. The lowest BCUT2D eigenvalue weighted by Gasteiger charge is -2.33. The average molecular weight is 224 g/mol. The first-order valence-electron chi connectivity index (χ1n) is 6.05. The first kappa shape index (κ1) is 11.4. The Morgan fingerprint density at radius 3 is 2.56 bits per heavy atom. The minimum atomic E-state index is -0.289. The minimum absolute atomic E-state index is 0.0132. The molecule has 2 aliphatic rings. The van der Waals surface area contributed by atoms with E-state index >= 15 is 0 Å². The molecule has 4 nitrogen and oxygen atoms in total. The molecule has 2 rings (SSSR count). The van der Waals surface area contributed by atoms with Gasteiger partial charge in [-0.1, -0.05) is 27.2 Å². The first-order valence-corrected chi connectivity index (χ1v) is 6.05. The van der Waals surface area contributed by atoms with E-state index in [0.717, 1.165) is 19.3 Å². The molecule has 0 spiro atoms. The summed E-state index contributed by atoms with van der Waals surface area (Å²) in [6.45, 7) is 6.56. The maximum absolute atomic E-state index is 12.1. The highest BCUT2D eigenvalue weighted by atomic mass is 16.2. The van der Waals surface area contributed by atoms with E-state index in [0.29, 0.717) is 0 Å². The maximum atomic E-state index is 12.1. The van der Waals surface area contributed by atoms with Gasteiger partial charge in [-0.05, 0) is 18.3 Å². The molecule has 1 heterocycles. The molecule has 90 valence electrons. The van der Waals surface area contributed by atoms with Crippen LogP contribution in [0.2, 0.25) is 0 Å². The molecule has 2 unspecified atom stereocenters. The van der Waals surface area contributed by atoms with Gasteiger partial charge in [0.15, 0.2) is 0 Å². The lowest BCUT2D eigenvalue weighted by atomic mass is 10.1. The lowest BCUT2D eigenvalue weighted by molar-refractivity contribution is -0.145. The van der Waals surface area contributed by atoms with Crippen LogP contribution in [0.15, 0.2) is 0 Å². The molecule has 1 aliphatic heterocycles. The van der Waals surface area contributed by atoms with Crippen molar-refractivity contribution in [3.8, 4) is 0 Å². The zero-order valence-electron chi connectivity index (χ0n) is 10.2. The standard InChI is InChI=1S/C12H20N2O2/c1-4-5-8-11(16)14(7-10(15)13-8)9-6-12(9,2)3/h8-9H,4-7H2,1-3H3,(H,13,15). The minimum Gasteiger partial charge on any atom is -0.343 e. The molecule has 0 radical (unpaired) electrons. The van der Waals surface area contributed by atoms with Gasteiger partial charge in [-0.15, -0.1) is 0 Å². The molecule has 1 saturated heterocycles. The smallest absolute Gasteiger partial charge is 0.245 e. The Labute approximate surface area is 96.4 Å². The van der Waals surface area contributed by atoms with Gasteiger partial charge in [0.05, 0.1) is 6.54 Å². The summed E-state index contributed by atoms with van der Waals surface area (Å²) in [5.74, 6) is 0.0952. The largest absolute Gasteiger partial charge is 0.343 e. The fourth-order valence-electron chi connectivity index (χ4n) is 2.45. The number of nitrogens with one attached hydrogen (secondary N) is 1. The summed E-state index contributed by atoms with van der Waals surface area (Å²) >= 11 is 0. The molecule has 4 heteroatoms. The van der Waals surface area contributed by atoms with Crippen molar-refractivity contribution in [2.75, 3.05) is 6.54 Å². The van der Waals surface area contributed by atoms with Crippen LogP contribution in [-0.4, -0.2) is 35.3 Å². The van der Waals surface area contributed by atoms with E-state index in [1.807, 2.05) is 6.92 Å². The molecule has 1 N–H and O–H groups in total. The van der Waals surface area contributed by atoms with Crippen LogP contribution < -0.4 is 5.32 Å². The normalized spacial score (nSPS) is 32.6. The van der Waals surface area contributed by atoms with Crippen LogP contribution in [0.1, 0.15) is 40.0 Å². The van der Waals surface area contributed by atoms with Gasteiger partial charge < -0.3 is 10.2 Å². The zero-order chi connectivity index (χ0) is 11.9. The van der Waals surface area contributed by atoms with Crippen LogP contribution in [0.4, 0.5) is 0 Å². The Hall–Kier alpha value is -1.06. The van der Waals surface area contributed by atoms with Crippen LogP contribution in [-0.2, 0) is 9.59 Å². The predicted molar refractivity (Wildman–Crippen MR) is 60.7 cm³/mol. The number of carbonyl (C=O) groups excluding carboxylic acids is 2. The molecule has 2 amide bonds. The summed E-state index contributed by atoms with van der Waals surface area (Å²) in [7, 11) is 0. The molecule has 2 atom stereocenters. The second kappa shape index (κ2) is 3.75.